The third-order valence-corrected chi connectivity index (χ3v) is 6.01. The fraction of sp³-hybridized carbons (Fsp3) is 0.375. The van der Waals surface area contributed by atoms with Gasteiger partial charge in [0.25, 0.3) is 5.91 Å². The molecule has 0 saturated carbocycles. The maximum atomic E-state index is 12.8. The summed E-state index contributed by atoms with van der Waals surface area (Å²) in [5.74, 6) is -0.491. The molecule has 1 aliphatic heterocycles. The summed E-state index contributed by atoms with van der Waals surface area (Å²) in [5.41, 5.74) is 8.05. The molecule has 2 aromatic rings. The van der Waals surface area contributed by atoms with E-state index in [1.165, 1.54) is 5.56 Å². The van der Waals surface area contributed by atoms with Crippen molar-refractivity contribution in [2.75, 3.05) is 32.7 Å². The molecule has 7 heteroatoms. The zero-order chi connectivity index (χ0) is 21.8. The molecular weight excluding hydrogens is 394 g/mol. The Morgan fingerprint density at radius 2 is 1.68 bits per heavy atom. The van der Waals surface area contributed by atoms with E-state index in [0.717, 1.165) is 24.8 Å². The van der Waals surface area contributed by atoms with Gasteiger partial charge in [-0.2, -0.15) is 0 Å². The van der Waals surface area contributed by atoms with Gasteiger partial charge in [0.15, 0.2) is 0 Å². The number of benzene rings is 2. The maximum absolute atomic E-state index is 12.8. The Hall–Kier alpha value is -3.19. The SMILES string of the molecule is NC(=O)CN1CCN(C(=O)c2ccc(OC(=O)C3CCCc4ccccc43)cc2)CC1. The number of carbonyl (C=O) groups excluding carboxylic acids is 3. The first-order valence-corrected chi connectivity index (χ1v) is 10.7. The highest BCUT2D eigenvalue weighted by Gasteiger charge is 2.28. The second kappa shape index (κ2) is 9.31. The molecule has 1 saturated heterocycles. The molecule has 1 heterocycles. The van der Waals surface area contributed by atoms with Gasteiger partial charge in [-0.05, 0) is 54.7 Å². The maximum Gasteiger partial charge on any atom is 0.318 e. The molecule has 1 fully saturated rings. The summed E-state index contributed by atoms with van der Waals surface area (Å²) < 4.78 is 5.63. The van der Waals surface area contributed by atoms with Crippen LogP contribution in [-0.2, 0) is 16.0 Å². The molecule has 162 valence electrons. The number of piperazine rings is 1. The van der Waals surface area contributed by atoms with Crippen molar-refractivity contribution < 1.29 is 19.1 Å². The minimum Gasteiger partial charge on any atom is -0.426 e. The summed E-state index contributed by atoms with van der Waals surface area (Å²) >= 11 is 0. The first-order chi connectivity index (χ1) is 15.0. The fourth-order valence-electron chi connectivity index (χ4n) is 4.36. The van der Waals surface area contributed by atoms with Gasteiger partial charge in [0, 0.05) is 31.7 Å². The number of nitrogens with two attached hydrogens (primary N) is 1. The molecule has 1 aliphatic carbocycles. The summed E-state index contributed by atoms with van der Waals surface area (Å²) in [4.78, 5) is 40.3. The van der Waals surface area contributed by atoms with E-state index in [1.54, 1.807) is 29.2 Å². The van der Waals surface area contributed by atoms with E-state index in [1.807, 2.05) is 23.1 Å². The third kappa shape index (κ3) is 4.94. The quantitative estimate of drug-likeness (QED) is 0.588. The number of ether oxygens (including phenoxy) is 1. The lowest BCUT2D eigenvalue weighted by Gasteiger charge is -2.34. The van der Waals surface area contributed by atoms with Gasteiger partial charge in [-0.15, -0.1) is 0 Å². The number of amides is 2. The van der Waals surface area contributed by atoms with Crippen LogP contribution in [0, 0.1) is 0 Å². The van der Waals surface area contributed by atoms with E-state index in [0.29, 0.717) is 37.5 Å². The average molecular weight is 421 g/mol. The van der Waals surface area contributed by atoms with E-state index in [9.17, 15) is 14.4 Å². The Kier molecular flexibility index (Phi) is 6.32. The monoisotopic (exact) mass is 421 g/mol. The molecule has 1 atom stereocenters. The van der Waals surface area contributed by atoms with Gasteiger partial charge in [0.05, 0.1) is 12.5 Å². The normalized spacial score (nSPS) is 18.8. The second-order valence-electron chi connectivity index (χ2n) is 8.12. The summed E-state index contributed by atoms with van der Waals surface area (Å²) in [6.45, 7) is 2.54. The molecule has 2 aromatic carbocycles. The fourth-order valence-corrected chi connectivity index (χ4v) is 4.36. The molecule has 2 N–H and O–H groups in total. The molecule has 1 unspecified atom stereocenters. The molecule has 0 radical (unpaired) electrons. The summed E-state index contributed by atoms with van der Waals surface area (Å²) in [5, 5.41) is 0. The molecule has 0 bridgehead atoms. The van der Waals surface area contributed by atoms with Crippen molar-refractivity contribution in [2.45, 2.75) is 25.2 Å². The van der Waals surface area contributed by atoms with Crippen molar-refractivity contribution in [1.29, 1.82) is 0 Å². The van der Waals surface area contributed by atoms with Crippen molar-refractivity contribution in [3.8, 4) is 5.75 Å². The van der Waals surface area contributed by atoms with Gasteiger partial charge in [0.2, 0.25) is 5.91 Å². The van der Waals surface area contributed by atoms with Crippen molar-refractivity contribution >= 4 is 17.8 Å². The van der Waals surface area contributed by atoms with Crippen LogP contribution in [0.5, 0.6) is 5.75 Å². The highest BCUT2D eigenvalue weighted by molar-refractivity contribution is 5.94. The highest BCUT2D eigenvalue weighted by atomic mass is 16.5. The molecule has 2 amide bonds. The summed E-state index contributed by atoms with van der Waals surface area (Å²) in [6.07, 6.45) is 2.75. The topological polar surface area (TPSA) is 92.9 Å². The number of fused-ring (bicyclic) bond motifs is 1. The Labute approximate surface area is 181 Å². The zero-order valence-corrected chi connectivity index (χ0v) is 17.5. The smallest absolute Gasteiger partial charge is 0.318 e. The number of nitrogens with zero attached hydrogens (tertiary/aromatic N) is 2. The van der Waals surface area contributed by atoms with E-state index in [4.69, 9.17) is 10.5 Å². The van der Waals surface area contributed by atoms with Crippen LogP contribution < -0.4 is 10.5 Å². The van der Waals surface area contributed by atoms with Crippen molar-refractivity contribution in [3.05, 3.63) is 65.2 Å². The number of hydrogen-bond donors (Lipinski definition) is 1. The molecule has 0 aromatic heterocycles. The lowest BCUT2D eigenvalue weighted by molar-refractivity contribution is -0.136. The van der Waals surface area contributed by atoms with Crippen LogP contribution in [0.4, 0.5) is 0 Å². The van der Waals surface area contributed by atoms with Crippen molar-refractivity contribution in [1.82, 2.24) is 9.80 Å². The minimum absolute atomic E-state index is 0.0715. The summed E-state index contributed by atoms with van der Waals surface area (Å²) in [6, 6.07) is 14.8. The van der Waals surface area contributed by atoms with Gasteiger partial charge in [-0.25, -0.2) is 0 Å². The number of esters is 1. The number of rotatable bonds is 5. The lowest BCUT2D eigenvalue weighted by Crippen LogP contribution is -2.50. The molecule has 31 heavy (non-hydrogen) atoms. The van der Waals surface area contributed by atoms with Crippen molar-refractivity contribution in [3.63, 3.8) is 0 Å². The Morgan fingerprint density at radius 3 is 2.39 bits per heavy atom. The van der Waals surface area contributed by atoms with Gasteiger partial charge in [0.1, 0.15) is 5.75 Å². The number of carbonyl (C=O) groups is 3. The van der Waals surface area contributed by atoms with Crippen molar-refractivity contribution in [2.24, 2.45) is 5.73 Å². The standard InChI is InChI=1S/C24H27N3O4/c25-22(28)16-26-12-14-27(15-13-26)23(29)18-8-10-19(11-9-18)31-24(30)21-7-3-5-17-4-1-2-6-20(17)21/h1-2,4,6,8-11,21H,3,5,7,12-16H2,(H2,25,28). The van der Waals surface area contributed by atoms with Gasteiger partial charge in [-0.3, -0.25) is 19.3 Å². The second-order valence-corrected chi connectivity index (χ2v) is 8.12. The Bertz CT molecular complexity index is 965. The predicted molar refractivity (Wildman–Crippen MR) is 116 cm³/mol. The van der Waals surface area contributed by atoms with Crippen LogP contribution in [0.15, 0.2) is 48.5 Å². The van der Waals surface area contributed by atoms with E-state index < -0.39 is 0 Å². The largest absolute Gasteiger partial charge is 0.426 e. The van der Waals surface area contributed by atoms with E-state index in [-0.39, 0.29) is 30.2 Å². The Morgan fingerprint density at radius 1 is 0.968 bits per heavy atom. The van der Waals surface area contributed by atoms with Gasteiger partial charge >= 0.3 is 5.97 Å². The van der Waals surface area contributed by atoms with Crippen LogP contribution in [0.3, 0.4) is 0 Å². The number of primary amides is 1. The molecule has 0 spiro atoms. The van der Waals surface area contributed by atoms with Crippen LogP contribution in [-0.4, -0.2) is 60.3 Å². The summed E-state index contributed by atoms with van der Waals surface area (Å²) in [7, 11) is 0. The third-order valence-electron chi connectivity index (χ3n) is 6.01. The van der Waals surface area contributed by atoms with Gasteiger partial charge < -0.3 is 15.4 Å². The van der Waals surface area contributed by atoms with E-state index in [2.05, 4.69) is 6.07 Å². The minimum atomic E-state index is -0.360. The first-order valence-electron chi connectivity index (χ1n) is 10.7. The number of hydrogen-bond acceptors (Lipinski definition) is 5. The average Bonchev–Trinajstić information content (AvgIpc) is 2.79. The van der Waals surface area contributed by atoms with Crippen LogP contribution in [0.25, 0.3) is 0 Å². The number of aryl methyl sites for hydroxylation is 1. The molecule has 2 aliphatic rings. The van der Waals surface area contributed by atoms with Crippen LogP contribution in [0.1, 0.15) is 40.2 Å². The van der Waals surface area contributed by atoms with Crippen LogP contribution >= 0.6 is 0 Å². The first kappa shape index (κ1) is 21.1. The molecule has 4 rings (SSSR count). The predicted octanol–water partition coefficient (Wildman–Crippen LogP) is 1.96. The van der Waals surface area contributed by atoms with Crippen LogP contribution in [0.2, 0.25) is 0 Å². The van der Waals surface area contributed by atoms with E-state index >= 15 is 0 Å². The Balaban J connectivity index is 1.35. The molecular formula is C24H27N3O4. The van der Waals surface area contributed by atoms with Gasteiger partial charge in [-0.1, -0.05) is 24.3 Å². The lowest BCUT2D eigenvalue weighted by atomic mass is 9.83. The highest BCUT2D eigenvalue weighted by Crippen LogP contribution is 2.32. The molecule has 7 nitrogen and oxygen atoms in total. The zero-order valence-electron chi connectivity index (χ0n) is 17.5.